The number of rotatable bonds is 48. The lowest BCUT2D eigenvalue weighted by molar-refractivity contribution is -0.167. The van der Waals surface area contributed by atoms with Gasteiger partial charge in [-0.25, -0.2) is 0 Å². The molecule has 0 bridgehead atoms. The van der Waals surface area contributed by atoms with Crippen LogP contribution in [0.25, 0.3) is 0 Å². The predicted molar refractivity (Wildman–Crippen MR) is 279 cm³/mol. The second-order valence-corrected chi connectivity index (χ2v) is 17.9. The van der Waals surface area contributed by atoms with E-state index in [1.165, 1.54) is 96.3 Å². The molecule has 0 saturated carbocycles. The van der Waals surface area contributed by atoms with Crippen molar-refractivity contribution in [1.29, 1.82) is 0 Å². The Labute approximate surface area is 401 Å². The van der Waals surface area contributed by atoms with E-state index >= 15 is 0 Å². The van der Waals surface area contributed by atoms with Crippen LogP contribution in [0.3, 0.4) is 0 Å². The molecule has 0 fully saturated rings. The maximum Gasteiger partial charge on any atom is 0.306 e. The number of hydrogen-bond donors (Lipinski definition) is 0. The fourth-order valence-electron chi connectivity index (χ4n) is 7.36. The lowest BCUT2D eigenvalue weighted by atomic mass is 10.1. The number of allylic oxidation sites excluding steroid dienone is 14. The summed E-state index contributed by atoms with van der Waals surface area (Å²) in [7, 11) is 0. The smallest absolute Gasteiger partial charge is 0.306 e. The summed E-state index contributed by atoms with van der Waals surface area (Å²) < 4.78 is 16.8. The monoisotopic (exact) mass is 905 g/mol. The Bertz CT molecular complexity index is 1270. The van der Waals surface area contributed by atoms with Gasteiger partial charge in [0.15, 0.2) is 6.10 Å². The Hall–Kier alpha value is -3.41. The molecule has 0 aliphatic rings. The maximum atomic E-state index is 12.8. The molecular weight excluding hydrogens is 805 g/mol. The van der Waals surface area contributed by atoms with E-state index in [2.05, 4.69) is 106 Å². The largest absolute Gasteiger partial charge is 0.462 e. The maximum absolute atomic E-state index is 12.8. The molecule has 6 heteroatoms. The van der Waals surface area contributed by atoms with Crippen LogP contribution in [0.15, 0.2) is 85.1 Å². The highest BCUT2D eigenvalue weighted by atomic mass is 16.6. The van der Waals surface area contributed by atoms with E-state index in [1.807, 2.05) is 0 Å². The highest BCUT2D eigenvalue weighted by Gasteiger charge is 2.19. The fraction of sp³-hybridized carbons (Fsp3) is 0.712. The minimum absolute atomic E-state index is 0.103. The molecule has 1 atom stereocenters. The van der Waals surface area contributed by atoms with Gasteiger partial charge in [0.2, 0.25) is 0 Å². The summed E-state index contributed by atoms with van der Waals surface area (Å²) in [6, 6.07) is 0. The molecule has 6 nitrogen and oxygen atoms in total. The van der Waals surface area contributed by atoms with Gasteiger partial charge in [-0.15, -0.1) is 0 Å². The summed E-state index contributed by atoms with van der Waals surface area (Å²) in [4.78, 5) is 38.0. The predicted octanol–water partition coefficient (Wildman–Crippen LogP) is 18.0. The topological polar surface area (TPSA) is 78.9 Å². The van der Waals surface area contributed by atoms with Crippen molar-refractivity contribution < 1.29 is 28.6 Å². The van der Waals surface area contributed by atoms with Gasteiger partial charge in [-0.2, -0.15) is 0 Å². The number of unbranched alkanes of at least 4 members (excludes halogenated alkanes) is 27. The molecule has 0 spiro atoms. The minimum atomic E-state index is -0.806. The average Bonchev–Trinajstić information content (AvgIpc) is 3.30. The van der Waals surface area contributed by atoms with Crippen molar-refractivity contribution in [2.24, 2.45) is 0 Å². The second-order valence-electron chi connectivity index (χ2n) is 17.9. The molecule has 0 rings (SSSR count). The molecule has 0 aliphatic heterocycles. The van der Waals surface area contributed by atoms with Gasteiger partial charge in [0.25, 0.3) is 0 Å². The van der Waals surface area contributed by atoms with Crippen molar-refractivity contribution >= 4 is 17.9 Å². The van der Waals surface area contributed by atoms with Crippen LogP contribution in [0.4, 0.5) is 0 Å². The van der Waals surface area contributed by atoms with E-state index < -0.39 is 6.10 Å². The number of carbonyl (C=O) groups is 3. The van der Waals surface area contributed by atoms with Gasteiger partial charge in [-0.05, 0) is 89.9 Å². The van der Waals surface area contributed by atoms with Gasteiger partial charge in [0, 0.05) is 19.3 Å². The first kappa shape index (κ1) is 61.6. The van der Waals surface area contributed by atoms with Crippen molar-refractivity contribution in [2.45, 2.75) is 258 Å². The Morgan fingerprint density at radius 1 is 0.323 bits per heavy atom. The molecule has 0 saturated heterocycles. The Balaban J connectivity index is 4.47. The van der Waals surface area contributed by atoms with E-state index in [1.54, 1.807) is 0 Å². The lowest BCUT2D eigenvalue weighted by Gasteiger charge is -2.18. The Kier molecular flexibility index (Phi) is 50.4. The zero-order valence-electron chi connectivity index (χ0n) is 42.5. The highest BCUT2D eigenvalue weighted by Crippen LogP contribution is 2.14. The third kappa shape index (κ3) is 51.4. The van der Waals surface area contributed by atoms with Gasteiger partial charge in [-0.3, -0.25) is 14.4 Å². The van der Waals surface area contributed by atoms with E-state index in [9.17, 15) is 14.4 Å². The van der Waals surface area contributed by atoms with Crippen LogP contribution in [-0.4, -0.2) is 37.2 Å². The highest BCUT2D eigenvalue weighted by molar-refractivity contribution is 5.71. The standard InChI is InChI=1S/C59H100O6/c1-4-7-10-13-16-19-22-25-27-29-30-32-34-37-40-43-46-49-52-58(61)64-55-56(54-63-57(60)51-48-45-42-39-36-33-24-21-18-15-12-9-6-3)65-59(62)53-50-47-44-41-38-35-31-28-26-23-20-17-14-11-8-5-2/h9,12,15,18,21,24,27-32,35,38,56H,4-8,10-11,13-14,16-17,19-20,22-23,25-26,33-34,36-37,39-55H2,1-3H3/b12-9+,18-15+,24-21+,29-27+,31-28+,32-30+,38-35+. The number of carbonyl (C=O) groups excluding carboxylic acids is 3. The van der Waals surface area contributed by atoms with Crippen molar-refractivity contribution in [3.8, 4) is 0 Å². The summed E-state index contributed by atoms with van der Waals surface area (Å²) >= 11 is 0. The normalized spacial score (nSPS) is 12.7. The summed E-state index contributed by atoms with van der Waals surface area (Å²) in [6.07, 6.45) is 68.6. The molecule has 1 unspecified atom stereocenters. The van der Waals surface area contributed by atoms with E-state index in [0.29, 0.717) is 12.8 Å². The Morgan fingerprint density at radius 3 is 0.954 bits per heavy atom. The molecule has 65 heavy (non-hydrogen) atoms. The van der Waals surface area contributed by atoms with Gasteiger partial charge in [-0.1, -0.05) is 228 Å². The van der Waals surface area contributed by atoms with Crippen LogP contribution in [-0.2, 0) is 28.6 Å². The first-order chi connectivity index (χ1) is 32.0. The first-order valence-electron chi connectivity index (χ1n) is 27.2. The van der Waals surface area contributed by atoms with Gasteiger partial charge >= 0.3 is 17.9 Å². The van der Waals surface area contributed by atoms with Crippen LogP contribution in [0, 0.1) is 0 Å². The van der Waals surface area contributed by atoms with Gasteiger partial charge in [0.1, 0.15) is 13.2 Å². The van der Waals surface area contributed by atoms with Crippen LogP contribution in [0.2, 0.25) is 0 Å². The third-order valence-corrected chi connectivity index (χ3v) is 11.5. The van der Waals surface area contributed by atoms with E-state index in [0.717, 1.165) is 116 Å². The van der Waals surface area contributed by atoms with Crippen LogP contribution in [0.1, 0.15) is 252 Å². The van der Waals surface area contributed by atoms with Crippen LogP contribution < -0.4 is 0 Å². The Morgan fingerprint density at radius 2 is 0.600 bits per heavy atom. The molecule has 0 aromatic heterocycles. The third-order valence-electron chi connectivity index (χ3n) is 11.5. The molecule has 0 radical (unpaired) electrons. The van der Waals surface area contributed by atoms with E-state index in [-0.39, 0.29) is 37.5 Å². The van der Waals surface area contributed by atoms with Crippen molar-refractivity contribution in [3.63, 3.8) is 0 Å². The van der Waals surface area contributed by atoms with E-state index in [4.69, 9.17) is 14.2 Å². The summed E-state index contributed by atoms with van der Waals surface area (Å²) in [5.41, 5.74) is 0. The van der Waals surface area contributed by atoms with Gasteiger partial charge in [0.05, 0.1) is 0 Å². The number of ether oxygens (including phenoxy) is 3. The summed E-state index contributed by atoms with van der Waals surface area (Å²) in [5.74, 6) is -0.962. The van der Waals surface area contributed by atoms with Gasteiger partial charge < -0.3 is 14.2 Å². The molecule has 0 aliphatic carbocycles. The molecule has 0 heterocycles. The van der Waals surface area contributed by atoms with Crippen molar-refractivity contribution in [1.82, 2.24) is 0 Å². The second kappa shape index (κ2) is 53.2. The summed E-state index contributed by atoms with van der Waals surface area (Å²) in [5, 5.41) is 0. The molecule has 0 amide bonds. The van der Waals surface area contributed by atoms with Crippen LogP contribution in [0.5, 0.6) is 0 Å². The lowest BCUT2D eigenvalue weighted by Crippen LogP contribution is -2.30. The zero-order chi connectivity index (χ0) is 47.2. The summed E-state index contributed by atoms with van der Waals surface area (Å²) in [6.45, 7) is 6.44. The molecule has 0 aromatic carbocycles. The average molecular weight is 905 g/mol. The fourth-order valence-corrected chi connectivity index (χ4v) is 7.36. The molecule has 372 valence electrons. The number of hydrogen-bond acceptors (Lipinski definition) is 6. The van der Waals surface area contributed by atoms with Crippen molar-refractivity contribution in [2.75, 3.05) is 13.2 Å². The SMILES string of the molecule is CC/C=C/C=C/C=C/CCCCCCCC(=O)OCC(COC(=O)CCCCCCC/C=C/C=C/CCCCCCCCC)OC(=O)CCCCC/C=C/C=C/CCCCCCCCC. The quantitative estimate of drug-likeness (QED) is 0.0262. The van der Waals surface area contributed by atoms with Crippen LogP contribution >= 0.6 is 0 Å². The molecular formula is C59H100O6. The molecule has 0 aromatic rings. The number of esters is 3. The first-order valence-corrected chi connectivity index (χ1v) is 27.2. The van der Waals surface area contributed by atoms with Crippen molar-refractivity contribution in [3.05, 3.63) is 85.1 Å². The minimum Gasteiger partial charge on any atom is -0.462 e. The zero-order valence-corrected chi connectivity index (χ0v) is 42.5. The molecule has 0 N–H and O–H groups in total.